The highest BCUT2D eigenvalue weighted by Gasteiger charge is 2.28. The summed E-state index contributed by atoms with van der Waals surface area (Å²) in [7, 11) is 1.81. The summed E-state index contributed by atoms with van der Waals surface area (Å²) in [5, 5.41) is 4.20. The number of amides is 1. The average molecular weight is 337 g/mol. The molecule has 4 heterocycles. The molecule has 0 aromatic carbocycles. The van der Waals surface area contributed by atoms with Gasteiger partial charge in [0.15, 0.2) is 5.82 Å². The van der Waals surface area contributed by atoms with Crippen LogP contribution in [0.25, 0.3) is 11.5 Å². The molecule has 1 aliphatic rings. The Morgan fingerprint density at radius 2 is 1.96 bits per heavy atom. The van der Waals surface area contributed by atoms with Gasteiger partial charge in [-0.25, -0.2) is 9.97 Å². The Balaban J connectivity index is 1.49. The number of hydrogen-bond acceptors (Lipinski definition) is 5. The highest BCUT2D eigenvalue weighted by atomic mass is 16.2. The van der Waals surface area contributed by atoms with E-state index in [4.69, 9.17) is 0 Å². The lowest BCUT2D eigenvalue weighted by Gasteiger charge is -2.31. The molecular weight excluding hydrogens is 318 g/mol. The van der Waals surface area contributed by atoms with Gasteiger partial charge < -0.3 is 9.88 Å². The molecule has 1 fully saturated rings. The molecule has 0 unspecified atom stereocenters. The van der Waals surface area contributed by atoms with Crippen molar-refractivity contribution < 1.29 is 4.79 Å². The summed E-state index contributed by atoms with van der Waals surface area (Å²) in [6.07, 6.45) is 10.4. The molecule has 1 amide bonds. The van der Waals surface area contributed by atoms with Gasteiger partial charge in [-0.15, -0.1) is 0 Å². The molecule has 0 saturated carbocycles. The molecule has 8 nitrogen and oxygen atoms in total. The molecule has 1 aliphatic heterocycles. The number of aryl methyl sites for hydroxylation is 1. The van der Waals surface area contributed by atoms with E-state index in [1.54, 1.807) is 41.7 Å². The normalized spacial score (nSPS) is 15.5. The number of likely N-dealkylation sites (tertiary alicyclic amines) is 1. The molecule has 4 rings (SSSR count). The lowest BCUT2D eigenvalue weighted by molar-refractivity contribution is 0.0705. The van der Waals surface area contributed by atoms with Gasteiger partial charge >= 0.3 is 0 Å². The molecule has 1 N–H and O–H groups in total. The summed E-state index contributed by atoms with van der Waals surface area (Å²) >= 11 is 0. The summed E-state index contributed by atoms with van der Waals surface area (Å²) < 4.78 is 1.65. The van der Waals surface area contributed by atoms with Crippen LogP contribution in [0.3, 0.4) is 0 Å². The zero-order valence-electron chi connectivity index (χ0n) is 14.0. The third-order valence-electron chi connectivity index (χ3n) is 4.55. The van der Waals surface area contributed by atoms with Crippen LogP contribution in [0.4, 0.5) is 0 Å². The fourth-order valence-electron chi connectivity index (χ4n) is 3.27. The number of rotatable bonds is 3. The second-order valence-electron chi connectivity index (χ2n) is 6.17. The Morgan fingerprint density at radius 3 is 2.64 bits per heavy atom. The maximum atomic E-state index is 12.5. The molecule has 25 heavy (non-hydrogen) atoms. The van der Waals surface area contributed by atoms with Gasteiger partial charge in [-0.1, -0.05) is 0 Å². The Labute approximate surface area is 144 Å². The van der Waals surface area contributed by atoms with E-state index < -0.39 is 0 Å². The van der Waals surface area contributed by atoms with Crippen molar-refractivity contribution in [3.63, 3.8) is 0 Å². The number of H-pyrrole nitrogens is 1. The average Bonchev–Trinajstić information content (AvgIpc) is 3.33. The van der Waals surface area contributed by atoms with Crippen LogP contribution in [-0.2, 0) is 7.05 Å². The van der Waals surface area contributed by atoms with E-state index in [1.807, 2.05) is 11.9 Å². The minimum absolute atomic E-state index is 0.00976. The quantitative estimate of drug-likeness (QED) is 0.784. The van der Waals surface area contributed by atoms with Crippen molar-refractivity contribution in [3.05, 3.63) is 48.4 Å². The van der Waals surface area contributed by atoms with E-state index in [0.29, 0.717) is 18.8 Å². The lowest BCUT2D eigenvalue weighted by Crippen LogP contribution is -2.38. The van der Waals surface area contributed by atoms with Gasteiger partial charge in [0.2, 0.25) is 0 Å². The molecular formula is C17H19N7O. The maximum absolute atomic E-state index is 12.5. The zero-order chi connectivity index (χ0) is 17.2. The summed E-state index contributed by atoms with van der Waals surface area (Å²) in [4.78, 5) is 30.8. The molecule has 1 saturated heterocycles. The highest BCUT2D eigenvalue weighted by Crippen LogP contribution is 2.31. The van der Waals surface area contributed by atoms with Gasteiger partial charge in [-0.05, 0) is 18.9 Å². The third-order valence-corrected chi connectivity index (χ3v) is 4.55. The molecule has 128 valence electrons. The first kappa shape index (κ1) is 15.5. The van der Waals surface area contributed by atoms with E-state index >= 15 is 0 Å². The molecule has 0 bridgehead atoms. The smallest absolute Gasteiger partial charge is 0.274 e. The molecule has 8 heteroatoms. The van der Waals surface area contributed by atoms with E-state index in [0.717, 1.165) is 30.1 Å². The summed E-state index contributed by atoms with van der Waals surface area (Å²) in [6.45, 7) is 1.38. The van der Waals surface area contributed by atoms with Gasteiger partial charge in [-0.2, -0.15) is 5.10 Å². The van der Waals surface area contributed by atoms with Crippen molar-refractivity contribution in [1.29, 1.82) is 0 Å². The van der Waals surface area contributed by atoms with E-state index in [-0.39, 0.29) is 11.8 Å². The number of hydrogen-bond donors (Lipinski definition) is 1. The second-order valence-corrected chi connectivity index (χ2v) is 6.17. The Hall–Kier alpha value is -3.03. The van der Waals surface area contributed by atoms with Crippen LogP contribution >= 0.6 is 0 Å². The van der Waals surface area contributed by atoms with Crippen LogP contribution in [0.1, 0.15) is 34.9 Å². The lowest BCUT2D eigenvalue weighted by atomic mass is 9.91. The number of aromatic nitrogens is 6. The van der Waals surface area contributed by atoms with Gasteiger partial charge in [0.1, 0.15) is 11.4 Å². The topological polar surface area (TPSA) is 92.6 Å². The monoisotopic (exact) mass is 337 g/mol. The molecule has 0 spiro atoms. The van der Waals surface area contributed by atoms with Crippen molar-refractivity contribution in [3.8, 4) is 11.5 Å². The Morgan fingerprint density at radius 1 is 1.16 bits per heavy atom. The number of carbonyl (C=O) groups excluding carboxylic acids is 1. The van der Waals surface area contributed by atoms with Crippen molar-refractivity contribution in [2.24, 2.45) is 7.05 Å². The van der Waals surface area contributed by atoms with Crippen molar-refractivity contribution in [1.82, 2.24) is 34.6 Å². The van der Waals surface area contributed by atoms with Crippen molar-refractivity contribution >= 4 is 5.91 Å². The van der Waals surface area contributed by atoms with E-state index in [1.165, 1.54) is 0 Å². The summed E-state index contributed by atoms with van der Waals surface area (Å²) in [5.41, 5.74) is 2.24. The first-order chi connectivity index (χ1) is 12.2. The largest absolute Gasteiger partial charge is 0.343 e. The van der Waals surface area contributed by atoms with Crippen LogP contribution in [0.2, 0.25) is 0 Å². The summed E-state index contributed by atoms with van der Waals surface area (Å²) in [5.74, 6) is 0.987. The molecule has 0 radical (unpaired) electrons. The minimum Gasteiger partial charge on any atom is -0.343 e. The molecule has 3 aromatic heterocycles. The van der Waals surface area contributed by atoms with Crippen LogP contribution in [0.15, 0.2) is 37.1 Å². The van der Waals surface area contributed by atoms with Gasteiger partial charge in [-0.3, -0.25) is 14.5 Å². The van der Waals surface area contributed by atoms with Crippen LogP contribution in [0, 0.1) is 0 Å². The van der Waals surface area contributed by atoms with Gasteiger partial charge in [0.05, 0.1) is 5.69 Å². The van der Waals surface area contributed by atoms with Crippen LogP contribution < -0.4 is 0 Å². The predicted octanol–water partition coefficient (Wildman–Crippen LogP) is 1.62. The first-order valence-electron chi connectivity index (χ1n) is 8.32. The van der Waals surface area contributed by atoms with Crippen LogP contribution in [-0.4, -0.2) is 53.6 Å². The number of piperidine rings is 1. The number of imidazole rings is 1. The standard InChI is InChI=1S/C17H19N7O/c1-23-9-4-13(22-23)17(25)24-10-2-12(3-11-24)14-15(19-6-5-18-14)16-20-7-8-21-16/h4-9,12H,2-3,10-11H2,1H3,(H,20,21). The zero-order valence-corrected chi connectivity index (χ0v) is 14.0. The minimum atomic E-state index is -0.00976. The fraction of sp³-hybridized carbons (Fsp3) is 0.353. The number of aromatic amines is 1. The van der Waals surface area contributed by atoms with E-state index in [2.05, 4.69) is 25.0 Å². The Kier molecular flexibility index (Phi) is 4.01. The molecule has 0 aliphatic carbocycles. The number of carbonyl (C=O) groups is 1. The summed E-state index contributed by atoms with van der Waals surface area (Å²) in [6, 6.07) is 1.76. The highest BCUT2D eigenvalue weighted by molar-refractivity contribution is 5.92. The third kappa shape index (κ3) is 3.02. The maximum Gasteiger partial charge on any atom is 0.274 e. The second kappa shape index (κ2) is 6.46. The first-order valence-corrected chi connectivity index (χ1v) is 8.32. The number of nitrogens with zero attached hydrogens (tertiary/aromatic N) is 6. The number of nitrogens with one attached hydrogen (secondary N) is 1. The van der Waals surface area contributed by atoms with Crippen LogP contribution in [0.5, 0.6) is 0 Å². The predicted molar refractivity (Wildman–Crippen MR) is 90.7 cm³/mol. The van der Waals surface area contributed by atoms with E-state index in [9.17, 15) is 4.79 Å². The van der Waals surface area contributed by atoms with Crippen molar-refractivity contribution in [2.45, 2.75) is 18.8 Å². The van der Waals surface area contributed by atoms with Crippen molar-refractivity contribution in [2.75, 3.05) is 13.1 Å². The Bertz CT molecular complexity index is 863. The van der Waals surface area contributed by atoms with Gasteiger partial charge in [0.25, 0.3) is 5.91 Å². The molecule has 0 atom stereocenters. The van der Waals surface area contributed by atoms with Gasteiger partial charge in [0, 0.05) is 57.0 Å². The fourth-order valence-corrected chi connectivity index (χ4v) is 3.27. The SMILES string of the molecule is Cn1ccc(C(=O)N2CCC(c3nccnc3-c3ncc[nH]3)CC2)n1. The molecule has 3 aromatic rings.